The highest BCUT2D eigenvalue weighted by molar-refractivity contribution is 6.00. The van der Waals surface area contributed by atoms with E-state index in [-0.39, 0.29) is 18.5 Å². The Balaban J connectivity index is 1.40. The molecule has 29 heavy (non-hydrogen) atoms. The van der Waals surface area contributed by atoms with E-state index in [1.165, 1.54) is 17.5 Å². The lowest BCUT2D eigenvalue weighted by molar-refractivity contribution is 0.0474. The van der Waals surface area contributed by atoms with E-state index in [1.54, 1.807) is 0 Å². The lowest BCUT2D eigenvalue weighted by Crippen LogP contribution is -2.18. The average molecular weight is 395 g/mol. The van der Waals surface area contributed by atoms with Gasteiger partial charge in [-0.25, -0.2) is 4.79 Å². The van der Waals surface area contributed by atoms with Gasteiger partial charge in [-0.3, -0.25) is 4.79 Å². The van der Waals surface area contributed by atoms with E-state index in [1.807, 2.05) is 38.1 Å². The monoisotopic (exact) mass is 395 g/mol. The molecule has 1 saturated heterocycles. The molecule has 4 rings (SSSR count). The van der Waals surface area contributed by atoms with E-state index < -0.39 is 5.97 Å². The smallest absolute Gasteiger partial charge is 0.338 e. The highest BCUT2D eigenvalue weighted by atomic mass is 16.5. The lowest BCUT2D eigenvalue weighted by atomic mass is 9.90. The van der Waals surface area contributed by atoms with E-state index in [9.17, 15) is 9.59 Å². The molecule has 2 aliphatic rings. The molecule has 2 heterocycles. The zero-order chi connectivity index (χ0) is 20.4. The molecule has 1 atom stereocenters. The first kappa shape index (κ1) is 19.9. The molecule has 0 amide bonds. The number of carbonyl (C=O) groups is 2. The van der Waals surface area contributed by atoms with Crippen LogP contribution in [0.5, 0.6) is 0 Å². The van der Waals surface area contributed by atoms with Crippen LogP contribution in [0, 0.1) is 13.8 Å². The number of hydrogen-bond donors (Lipinski definition) is 0. The van der Waals surface area contributed by atoms with Gasteiger partial charge in [-0.1, -0.05) is 6.07 Å². The van der Waals surface area contributed by atoms with Gasteiger partial charge >= 0.3 is 5.97 Å². The quantitative estimate of drug-likeness (QED) is 0.543. The Morgan fingerprint density at radius 3 is 2.66 bits per heavy atom. The molecule has 0 unspecified atom stereocenters. The zero-order valence-electron chi connectivity index (χ0n) is 17.3. The van der Waals surface area contributed by atoms with Gasteiger partial charge in [0, 0.05) is 30.1 Å². The number of nitrogens with zero attached hydrogens (tertiary/aromatic N) is 1. The second-order valence-corrected chi connectivity index (χ2v) is 8.22. The fourth-order valence-corrected chi connectivity index (χ4v) is 4.51. The first-order valence-corrected chi connectivity index (χ1v) is 10.6. The van der Waals surface area contributed by atoms with Gasteiger partial charge in [0.05, 0.1) is 11.7 Å². The number of rotatable bonds is 6. The maximum atomic E-state index is 12.7. The molecule has 1 aromatic heterocycles. The van der Waals surface area contributed by atoms with Crippen LogP contribution in [0.2, 0.25) is 0 Å². The number of hydrogen-bond acceptors (Lipinski definition) is 4. The molecule has 5 nitrogen and oxygen atoms in total. The van der Waals surface area contributed by atoms with Crippen molar-refractivity contribution in [1.29, 1.82) is 0 Å². The van der Waals surface area contributed by atoms with Crippen molar-refractivity contribution in [1.82, 2.24) is 4.57 Å². The number of ether oxygens (including phenoxy) is 2. The summed E-state index contributed by atoms with van der Waals surface area (Å²) in [6.07, 6.45) is 6.80. The zero-order valence-corrected chi connectivity index (χ0v) is 17.3. The summed E-state index contributed by atoms with van der Waals surface area (Å²) >= 11 is 0. The van der Waals surface area contributed by atoms with Gasteiger partial charge in [0.25, 0.3) is 0 Å². The van der Waals surface area contributed by atoms with Gasteiger partial charge in [-0.2, -0.15) is 0 Å². The average Bonchev–Trinajstić information content (AvgIpc) is 3.35. The Kier molecular flexibility index (Phi) is 5.86. The summed E-state index contributed by atoms with van der Waals surface area (Å²) in [5.41, 5.74) is 5.65. The normalized spacial score (nSPS) is 18.5. The highest BCUT2D eigenvalue weighted by Crippen LogP contribution is 2.23. The number of benzene rings is 1. The molecule has 5 heteroatoms. The summed E-state index contributed by atoms with van der Waals surface area (Å²) in [4.78, 5) is 25.2. The number of carbonyl (C=O) groups excluding carboxylic acids is 2. The van der Waals surface area contributed by atoms with E-state index in [4.69, 9.17) is 9.47 Å². The molecular formula is C24H29NO4. The van der Waals surface area contributed by atoms with Crippen LogP contribution in [0.3, 0.4) is 0 Å². The molecular weight excluding hydrogens is 366 g/mol. The Morgan fingerprint density at radius 2 is 1.90 bits per heavy atom. The molecule has 0 saturated carbocycles. The first-order chi connectivity index (χ1) is 14.0. The third-order valence-corrected chi connectivity index (χ3v) is 6.20. The van der Waals surface area contributed by atoms with Crippen LogP contribution >= 0.6 is 0 Å². The molecule has 1 aliphatic carbocycles. The Labute approximate surface area is 172 Å². The SMILES string of the molecule is Cc1cc(C(=O)COC(=O)c2ccc3c(c2)CCCC3)c(C)n1C[C@H]1CCCO1. The number of esters is 1. The summed E-state index contributed by atoms with van der Waals surface area (Å²) in [6, 6.07) is 7.64. The summed E-state index contributed by atoms with van der Waals surface area (Å²) in [5.74, 6) is -0.595. The lowest BCUT2D eigenvalue weighted by Gasteiger charge is -2.16. The summed E-state index contributed by atoms with van der Waals surface area (Å²) < 4.78 is 13.2. The van der Waals surface area contributed by atoms with Crippen molar-refractivity contribution < 1.29 is 19.1 Å². The second kappa shape index (κ2) is 8.54. The van der Waals surface area contributed by atoms with Crippen molar-refractivity contribution in [2.24, 2.45) is 0 Å². The van der Waals surface area contributed by atoms with Gasteiger partial charge < -0.3 is 14.0 Å². The van der Waals surface area contributed by atoms with Crippen molar-refractivity contribution in [3.63, 3.8) is 0 Å². The minimum absolute atomic E-state index is 0.164. The molecule has 0 N–H and O–H groups in total. The van der Waals surface area contributed by atoms with Crippen molar-refractivity contribution in [2.45, 2.75) is 65.0 Å². The number of ketones is 1. The van der Waals surface area contributed by atoms with Crippen LogP contribution in [0.4, 0.5) is 0 Å². The van der Waals surface area contributed by atoms with Crippen LogP contribution in [0.25, 0.3) is 0 Å². The van der Waals surface area contributed by atoms with Gasteiger partial charge in [-0.05, 0) is 81.7 Å². The molecule has 2 aromatic rings. The molecule has 154 valence electrons. The van der Waals surface area contributed by atoms with Crippen molar-refractivity contribution in [2.75, 3.05) is 13.2 Å². The Bertz CT molecular complexity index is 921. The van der Waals surface area contributed by atoms with E-state index in [0.29, 0.717) is 11.1 Å². The molecule has 1 fully saturated rings. The third-order valence-electron chi connectivity index (χ3n) is 6.20. The number of aromatic nitrogens is 1. The van der Waals surface area contributed by atoms with Crippen molar-refractivity contribution >= 4 is 11.8 Å². The fraction of sp³-hybridized carbons (Fsp3) is 0.500. The molecule has 1 aliphatic heterocycles. The van der Waals surface area contributed by atoms with Gasteiger partial charge in [0.15, 0.2) is 6.61 Å². The molecule has 0 radical (unpaired) electrons. The summed E-state index contributed by atoms with van der Waals surface area (Å²) in [7, 11) is 0. The number of fused-ring (bicyclic) bond motifs is 1. The van der Waals surface area contributed by atoms with Crippen molar-refractivity contribution in [3.8, 4) is 0 Å². The fourth-order valence-electron chi connectivity index (χ4n) is 4.51. The maximum absolute atomic E-state index is 12.7. The Morgan fingerprint density at radius 1 is 1.10 bits per heavy atom. The molecule has 0 bridgehead atoms. The third kappa shape index (κ3) is 4.30. The van der Waals surface area contributed by atoms with E-state index in [2.05, 4.69) is 4.57 Å². The van der Waals surface area contributed by atoms with Gasteiger partial charge in [0.1, 0.15) is 0 Å². The largest absolute Gasteiger partial charge is 0.454 e. The maximum Gasteiger partial charge on any atom is 0.338 e. The molecule has 1 aromatic carbocycles. The summed E-state index contributed by atoms with van der Waals surface area (Å²) in [5, 5.41) is 0. The predicted molar refractivity (Wildman–Crippen MR) is 111 cm³/mol. The standard InChI is InChI=1S/C24H29NO4/c1-16-12-22(17(2)25(16)14-21-8-5-11-28-21)23(26)15-29-24(27)20-10-9-18-6-3-4-7-19(18)13-20/h9-10,12-13,21H,3-8,11,14-15H2,1-2H3/t21-/m1/s1. The second-order valence-electron chi connectivity index (χ2n) is 8.22. The predicted octanol–water partition coefficient (Wildman–Crippen LogP) is 4.20. The van der Waals surface area contributed by atoms with Gasteiger partial charge in [0.2, 0.25) is 5.78 Å². The number of aryl methyl sites for hydroxylation is 3. The number of Topliss-reactive ketones (excluding diaryl/α,β-unsaturated/α-hetero) is 1. The first-order valence-electron chi connectivity index (χ1n) is 10.6. The van der Waals surface area contributed by atoms with Crippen LogP contribution < -0.4 is 0 Å². The van der Waals surface area contributed by atoms with Crippen LogP contribution in [-0.2, 0) is 28.9 Å². The van der Waals surface area contributed by atoms with Gasteiger partial charge in [-0.15, -0.1) is 0 Å². The van der Waals surface area contributed by atoms with E-state index in [0.717, 1.165) is 56.6 Å². The summed E-state index contributed by atoms with van der Waals surface area (Å²) in [6.45, 7) is 5.28. The topological polar surface area (TPSA) is 57.5 Å². The van der Waals surface area contributed by atoms with E-state index >= 15 is 0 Å². The van der Waals surface area contributed by atoms with Crippen LogP contribution in [0.1, 0.15) is 68.9 Å². The van der Waals surface area contributed by atoms with Crippen LogP contribution in [-0.4, -0.2) is 35.6 Å². The highest BCUT2D eigenvalue weighted by Gasteiger charge is 2.22. The molecule has 0 spiro atoms. The van der Waals surface area contributed by atoms with Crippen molar-refractivity contribution in [3.05, 3.63) is 57.9 Å². The minimum Gasteiger partial charge on any atom is -0.454 e. The minimum atomic E-state index is -0.431. The van der Waals surface area contributed by atoms with Crippen LogP contribution in [0.15, 0.2) is 24.3 Å². The Hall–Kier alpha value is -2.40.